The molecule has 7 nitrogen and oxygen atoms in total. The number of nitrogens with one attached hydrogen (secondary N) is 1. The van der Waals surface area contributed by atoms with E-state index in [1.807, 2.05) is 6.07 Å². The van der Waals surface area contributed by atoms with Gasteiger partial charge in [-0.15, -0.1) is 0 Å². The van der Waals surface area contributed by atoms with Crippen molar-refractivity contribution in [3.8, 4) is 17.2 Å². The van der Waals surface area contributed by atoms with Gasteiger partial charge in [-0.2, -0.15) is 23.5 Å². The topological polar surface area (TPSA) is 105 Å². The van der Waals surface area contributed by atoms with Gasteiger partial charge >= 0.3 is 6.18 Å². The largest absolute Gasteiger partial charge is 0.417 e. The molecule has 0 saturated heterocycles. The van der Waals surface area contributed by atoms with Gasteiger partial charge in [-0.1, -0.05) is 6.07 Å². The van der Waals surface area contributed by atoms with Gasteiger partial charge in [0, 0.05) is 24.7 Å². The SMILES string of the molecule is Cn1cc(-c2ccc(S(=O)(=O)[C@@H]3CCC(C(=O)NC4(C#N)CC4)C3)c(C(F)(F)F)c2)cn1. The second-order valence-electron chi connectivity index (χ2n) is 8.47. The third-order valence-electron chi connectivity index (χ3n) is 6.15. The number of halogens is 3. The Kier molecular flexibility index (Phi) is 5.32. The lowest BCUT2D eigenvalue weighted by atomic mass is 10.1. The third-order valence-corrected chi connectivity index (χ3v) is 8.43. The number of hydrogen-bond donors (Lipinski definition) is 1. The number of aryl methyl sites for hydroxylation is 1. The number of carbonyl (C=O) groups is 1. The van der Waals surface area contributed by atoms with Gasteiger partial charge in [-0.05, 0) is 49.8 Å². The fourth-order valence-electron chi connectivity index (χ4n) is 4.12. The molecule has 1 unspecified atom stereocenters. The molecule has 2 aliphatic rings. The highest BCUT2D eigenvalue weighted by Crippen LogP contribution is 2.42. The van der Waals surface area contributed by atoms with Crippen LogP contribution in [-0.4, -0.2) is 34.9 Å². The van der Waals surface area contributed by atoms with Crippen molar-refractivity contribution in [1.29, 1.82) is 5.26 Å². The van der Waals surface area contributed by atoms with Crippen LogP contribution in [0.4, 0.5) is 13.2 Å². The molecule has 32 heavy (non-hydrogen) atoms. The normalized spacial score (nSPS) is 22.3. The van der Waals surface area contributed by atoms with E-state index in [9.17, 15) is 26.4 Å². The van der Waals surface area contributed by atoms with Crippen LogP contribution < -0.4 is 5.32 Å². The molecule has 2 aliphatic carbocycles. The van der Waals surface area contributed by atoms with Crippen LogP contribution in [0.5, 0.6) is 0 Å². The van der Waals surface area contributed by atoms with E-state index >= 15 is 0 Å². The highest BCUT2D eigenvalue weighted by molar-refractivity contribution is 7.92. The van der Waals surface area contributed by atoms with Gasteiger partial charge in [-0.3, -0.25) is 9.48 Å². The molecule has 2 fully saturated rings. The van der Waals surface area contributed by atoms with E-state index in [2.05, 4.69) is 10.4 Å². The summed E-state index contributed by atoms with van der Waals surface area (Å²) in [6, 6.07) is 5.19. The van der Waals surface area contributed by atoms with Crippen molar-refractivity contribution in [3.05, 3.63) is 36.2 Å². The van der Waals surface area contributed by atoms with E-state index in [1.165, 1.54) is 23.1 Å². The Morgan fingerprint density at radius 3 is 2.56 bits per heavy atom. The monoisotopic (exact) mass is 466 g/mol. The quantitative estimate of drug-likeness (QED) is 0.729. The molecule has 1 aromatic carbocycles. The van der Waals surface area contributed by atoms with Gasteiger partial charge in [0.2, 0.25) is 5.91 Å². The second-order valence-corrected chi connectivity index (χ2v) is 10.7. The first kappa shape index (κ1) is 22.3. The predicted octanol–water partition coefficient (Wildman–Crippen LogP) is 3.22. The zero-order chi connectivity index (χ0) is 23.3. The molecule has 0 radical (unpaired) electrons. The van der Waals surface area contributed by atoms with Crippen molar-refractivity contribution >= 4 is 15.7 Å². The molecule has 2 atom stereocenters. The number of nitrogens with zero attached hydrogens (tertiary/aromatic N) is 3. The molecule has 11 heteroatoms. The van der Waals surface area contributed by atoms with E-state index < -0.39 is 49.1 Å². The summed E-state index contributed by atoms with van der Waals surface area (Å²) >= 11 is 0. The lowest BCUT2D eigenvalue weighted by molar-refractivity contribution is -0.139. The summed E-state index contributed by atoms with van der Waals surface area (Å²) in [7, 11) is -2.71. The van der Waals surface area contributed by atoms with E-state index in [4.69, 9.17) is 5.26 Å². The lowest BCUT2D eigenvalue weighted by Crippen LogP contribution is -2.39. The average Bonchev–Trinajstić information content (AvgIpc) is 3.13. The van der Waals surface area contributed by atoms with Crippen molar-refractivity contribution < 1.29 is 26.4 Å². The first-order chi connectivity index (χ1) is 14.9. The minimum atomic E-state index is -4.87. The van der Waals surface area contributed by atoms with Gasteiger partial charge in [0.25, 0.3) is 0 Å². The zero-order valence-corrected chi connectivity index (χ0v) is 18.0. The highest BCUT2D eigenvalue weighted by Gasteiger charge is 2.48. The molecule has 1 aromatic heterocycles. The molecule has 4 rings (SSSR count). The number of benzene rings is 1. The maximum atomic E-state index is 13.8. The Balaban J connectivity index is 1.61. The minimum absolute atomic E-state index is 0.0721. The van der Waals surface area contributed by atoms with E-state index in [0.29, 0.717) is 18.4 Å². The zero-order valence-electron chi connectivity index (χ0n) is 17.2. The van der Waals surface area contributed by atoms with Gasteiger partial charge in [0.05, 0.1) is 28.0 Å². The Morgan fingerprint density at radius 1 is 1.28 bits per heavy atom. The summed E-state index contributed by atoms with van der Waals surface area (Å²) in [5, 5.41) is 14.6. The number of alkyl halides is 3. The first-order valence-electron chi connectivity index (χ1n) is 10.1. The fourth-order valence-corrected chi connectivity index (χ4v) is 6.15. The van der Waals surface area contributed by atoms with E-state index in [-0.39, 0.29) is 24.8 Å². The Labute approximate surface area is 183 Å². The van der Waals surface area contributed by atoms with Gasteiger partial charge in [0.1, 0.15) is 5.54 Å². The third kappa shape index (κ3) is 4.11. The maximum absolute atomic E-state index is 13.8. The Hall–Kier alpha value is -2.87. The lowest BCUT2D eigenvalue weighted by Gasteiger charge is -2.18. The van der Waals surface area contributed by atoms with Gasteiger partial charge < -0.3 is 5.32 Å². The summed E-state index contributed by atoms with van der Waals surface area (Å²) in [4.78, 5) is 11.7. The molecule has 0 bridgehead atoms. The molecule has 0 aliphatic heterocycles. The van der Waals surface area contributed by atoms with Crippen LogP contribution in [0.15, 0.2) is 35.5 Å². The van der Waals surface area contributed by atoms with Crippen LogP contribution in [0.3, 0.4) is 0 Å². The number of nitriles is 1. The van der Waals surface area contributed by atoms with Crippen molar-refractivity contribution in [2.75, 3.05) is 0 Å². The predicted molar refractivity (Wildman–Crippen MR) is 108 cm³/mol. The number of aromatic nitrogens is 2. The summed E-state index contributed by atoms with van der Waals surface area (Å²) < 4.78 is 69.3. The number of hydrogen-bond acceptors (Lipinski definition) is 5. The molecule has 1 N–H and O–H groups in total. The summed E-state index contributed by atoms with van der Waals surface area (Å²) in [5.41, 5.74) is -1.46. The van der Waals surface area contributed by atoms with E-state index in [0.717, 1.165) is 12.1 Å². The molecule has 2 aromatic rings. The molecule has 2 saturated carbocycles. The Morgan fingerprint density at radius 2 is 2.00 bits per heavy atom. The van der Waals surface area contributed by atoms with Crippen LogP contribution in [0.25, 0.3) is 11.1 Å². The molecule has 0 spiro atoms. The van der Waals surface area contributed by atoms with Crippen LogP contribution in [0.2, 0.25) is 0 Å². The number of sulfone groups is 1. The van der Waals surface area contributed by atoms with Crippen molar-refractivity contribution in [1.82, 2.24) is 15.1 Å². The summed E-state index contributed by atoms with van der Waals surface area (Å²) in [5.74, 6) is -1.06. The van der Waals surface area contributed by atoms with E-state index in [1.54, 1.807) is 7.05 Å². The van der Waals surface area contributed by atoms with Crippen molar-refractivity contribution in [2.45, 2.75) is 54.0 Å². The van der Waals surface area contributed by atoms with Crippen LogP contribution in [0, 0.1) is 17.2 Å². The number of amides is 1. The molecule has 170 valence electrons. The van der Waals surface area contributed by atoms with Crippen LogP contribution in [-0.2, 0) is 27.9 Å². The Bertz CT molecular complexity index is 1210. The second kappa shape index (κ2) is 7.62. The van der Waals surface area contributed by atoms with Crippen LogP contribution >= 0.6 is 0 Å². The minimum Gasteiger partial charge on any atom is -0.338 e. The van der Waals surface area contributed by atoms with Crippen LogP contribution in [0.1, 0.15) is 37.7 Å². The average molecular weight is 466 g/mol. The fraction of sp³-hybridized carbons (Fsp3) is 0.476. The smallest absolute Gasteiger partial charge is 0.338 e. The van der Waals surface area contributed by atoms with Crippen molar-refractivity contribution in [3.63, 3.8) is 0 Å². The molecule has 1 amide bonds. The number of rotatable bonds is 5. The highest BCUT2D eigenvalue weighted by atomic mass is 32.2. The van der Waals surface area contributed by atoms with Gasteiger partial charge in [-0.25, -0.2) is 8.42 Å². The van der Waals surface area contributed by atoms with Crippen molar-refractivity contribution in [2.24, 2.45) is 13.0 Å². The standard InChI is InChI=1S/C21H21F3N4O3S/c1-28-11-15(10-26-28)13-3-5-18(17(9-13)21(22,23)24)32(30,31)16-4-2-14(8-16)19(29)27-20(12-25)6-7-20/h3,5,9-11,14,16H,2,4,6-8H2,1H3,(H,27,29)/t14?,16-/m1/s1. The molecular weight excluding hydrogens is 445 g/mol. The molecular formula is C21H21F3N4O3S. The molecule has 1 heterocycles. The maximum Gasteiger partial charge on any atom is 0.417 e. The first-order valence-corrected chi connectivity index (χ1v) is 11.7. The summed E-state index contributed by atoms with van der Waals surface area (Å²) in [6.45, 7) is 0. The summed E-state index contributed by atoms with van der Waals surface area (Å²) in [6.07, 6.45) is -0.592. The van der Waals surface area contributed by atoms with Gasteiger partial charge in [0.15, 0.2) is 9.84 Å². The number of carbonyl (C=O) groups excluding carboxylic acids is 1.